The lowest BCUT2D eigenvalue weighted by Gasteiger charge is -2.01. The summed E-state index contributed by atoms with van der Waals surface area (Å²) in [7, 11) is 0. The van der Waals surface area contributed by atoms with E-state index in [4.69, 9.17) is 12.2 Å². The quantitative estimate of drug-likeness (QED) is 0.316. The van der Waals surface area contributed by atoms with Crippen molar-refractivity contribution in [2.45, 2.75) is 64.7 Å². The molecule has 0 fully saturated rings. The SMILES string of the molecule is CCCCCCCCCCCSC(=S)S. The molecule has 0 rings (SSSR count). The summed E-state index contributed by atoms with van der Waals surface area (Å²) in [5, 5.41) is 0. The molecule has 0 saturated carbocycles. The largest absolute Gasteiger partial charge is 0.125 e. The van der Waals surface area contributed by atoms with E-state index in [9.17, 15) is 0 Å². The second kappa shape index (κ2) is 12.9. The highest BCUT2D eigenvalue weighted by Gasteiger charge is 1.93. The zero-order valence-electron chi connectivity index (χ0n) is 9.83. The third-order valence-electron chi connectivity index (χ3n) is 2.47. The summed E-state index contributed by atoms with van der Waals surface area (Å²) in [6.07, 6.45) is 12.5. The third kappa shape index (κ3) is 14.8. The maximum atomic E-state index is 4.88. The smallest absolute Gasteiger partial charge is 0.101 e. The molecule has 0 radical (unpaired) electrons. The van der Waals surface area contributed by atoms with E-state index in [1.54, 1.807) is 11.8 Å². The average molecular weight is 265 g/mol. The summed E-state index contributed by atoms with van der Waals surface area (Å²) in [6.45, 7) is 2.27. The minimum absolute atomic E-state index is 0.787. The summed E-state index contributed by atoms with van der Waals surface area (Å²) in [5.41, 5.74) is 0. The molecule has 90 valence electrons. The Bertz CT molecular complexity index is 146. The van der Waals surface area contributed by atoms with Crippen LogP contribution in [0.3, 0.4) is 0 Å². The van der Waals surface area contributed by atoms with Crippen molar-refractivity contribution < 1.29 is 0 Å². The van der Waals surface area contributed by atoms with Crippen LogP contribution in [-0.4, -0.2) is 9.28 Å². The first-order valence-electron chi connectivity index (χ1n) is 6.13. The lowest BCUT2D eigenvalue weighted by atomic mass is 10.1. The second-order valence-electron chi connectivity index (χ2n) is 3.94. The molecular formula is C12H24S3. The number of thiocarbonyl (C=S) groups is 1. The second-order valence-corrected chi connectivity index (χ2v) is 6.77. The fraction of sp³-hybridized carbons (Fsp3) is 0.917. The van der Waals surface area contributed by atoms with Crippen molar-refractivity contribution >= 4 is 40.1 Å². The molecule has 0 aliphatic carbocycles. The minimum Gasteiger partial charge on any atom is -0.125 e. The molecular weight excluding hydrogens is 240 g/mol. The Morgan fingerprint density at radius 1 is 0.933 bits per heavy atom. The van der Waals surface area contributed by atoms with E-state index in [0.29, 0.717) is 0 Å². The van der Waals surface area contributed by atoms with Gasteiger partial charge in [-0.05, 0) is 12.2 Å². The normalized spacial score (nSPS) is 10.5. The predicted octanol–water partition coefficient (Wildman–Crippen LogP) is 5.47. The first kappa shape index (κ1) is 15.8. The molecule has 0 nitrogen and oxygen atoms in total. The Hall–Kier alpha value is 0.790. The number of hydrogen-bond donors (Lipinski definition) is 1. The van der Waals surface area contributed by atoms with Crippen LogP contribution in [0.5, 0.6) is 0 Å². The van der Waals surface area contributed by atoms with Crippen LogP contribution in [0.4, 0.5) is 0 Å². The number of thiol groups is 1. The topological polar surface area (TPSA) is 0 Å². The van der Waals surface area contributed by atoms with Gasteiger partial charge in [0.25, 0.3) is 0 Å². The van der Waals surface area contributed by atoms with Gasteiger partial charge in [0, 0.05) is 0 Å². The molecule has 15 heavy (non-hydrogen) atoms. The van der Waals surface area contributed by atoms with Gasteiger partial charge in [-0.25, -0.2) is 0 Å². The van der Waals surface area contributed by atoms with E-state index in [-0.39, 0.29) is 0 Å². The van der Waals surface area contributed by atoms with E-state index in [1.165, 1.54) is 57.8 Å². The van der Waals surface area contributed by atoms with Gasteiger partial charge in [0.15, 0.2) is 0 Å². The Morgan fingerprint density at radius 3 is 1.87 bits per heavy atom. The summed E-state index contributed by atoms with van der Waals surface area (Å²) in [5.74, 6) is 1.15. The van der Waals surface area contributed by atoms with Gasteiger partial charge in [-0.1, -0.05) is 70.5 Å². The molecule has 0 aromatic heterocycles. The van der Waals surface area contributed by atoms with Gasteiger partial charge >= 0.3 is 0 Å². The third-order valence-corrected chi connectivity index (χ3v) is 3.95. The van der Waals surface area contributed by atoms with Crippen molar-refractivity contribution in [2.75, 3.05) is 5.75 Å². The van der Waals surface area contributed by atoms with Crippen LogP contribution in [0.1, 0.15) is 64.7 Å². The monoisotopic (exact) mass is 264 g/mol. The highest BCUT2D eigenvalue weighted by Crippen LogP contribution is 2.13. The Labute approximate surface area is 110 Å². The molecule has 0 amide bonds. The van der Waals surface area contributed by atoms with E-state index < -0.39 is 0 Å². The molecule has 0 aliphatic rings. The Morgan fingerprint density at radius 2 is 1.40 bits per heavy atom. The first-order valence-corrected chi connectivity index (χ1v) is 7.97. The van der Waals surface area contributed by atoms with Crippen LogP contribution in [0.15, 0.2) is 0 Å². The van der Waals surface area contributed by atoms with Crippen LogP contribution in [0, 0.1) is 0 Å². The van der Waals surface area contributed by atoms with Crippen molar-refractivity contribution in [1.82, 2.24) is 0 Å². The van der Waals surface area contributed by atoms with Crippen LogP contribution in [-0.2, 0) is 0 Å². The molecule has 0 spiro atoms. The zero-order chi connectivity index (χ0) is 11.4. The fourth-order valence-electron chi connectivity index (χ4n) is 1.57. The van der Waals surface area contributed by atoms with E-state index in [1.807, 2.05) is 0 Å². The molecule has 0 aromatic rings. The Balaban J connectivity index is 2.89. The van der Waals surface area contributed by atoms with Gasteiger partial charge in [0.05, 0.1) is 0 Å². The lowest BCUT2D eigenvalue weighted by molar-refractivity contribution is 0.573. The van der Waals surface area contributed by atoms with Gasteiger partial charge < -0.3 is 0 Å². The number of thioether (sulfide) groups is 1. The molecule has 0 bridgehead atoms. The summed E-state index contributed by atoms with van der Waals surface area (Å²) >= 11 is 10.7. The Kier molecular flexibility index (Phi) is 13.5. The predicted molar refractivity (Wildman–Crippen MR) is 81.3 cm³/mol. The summed E-state index contributed by atoms with van der Waals surface area (Å²) in [4.78, 5) is 0. The van der Waals surface area contributed by atoms with Gasteiger partial charge in [-0.15, -0.1) is 24.4 Å². The van der Waals surface area contributed by atoms with Gasteiger partial charge in [0.1, 0.15) is 3.53 Å². The van der Waals surface area contributed by atoms with Gasteiger partial charge in [-0.3, -0.25) is 0 Å². The molecule has 0 saturated heterocycles. The molecule has 0 unspecified atom stereocenters. The number of rotatable bonds is 10. The van der Waals surface area contributed by atoms with E-state index >= 15 is 0 Å². The molecule has 0 N–H and O–H groups in total. The molecule has 0 atom stereocenters. The highest BCUT2D eigenvalue weighted by atomic mass is 32.2. The van der Waals surface area contributed by atoms with Crippen molar-refractivity contribution in [3.63, 3.8) is 0 Å². The zero-order valence-corrected chi connectivity index (χ0v) is 12.4. The maximum absolute atomic E-state index is 4.88. The first-order chi connectivity index (χ1) is 7.27. The van der Waals surface area contributed by atoms with Crippen LogP contribution < -0.4 is 0 Å². The average Bonchev–Trinajstić information content (AvgIpc) is 2.20. The van der Waals surface area contributed by atoms with E-state index in [0.717, 1.165) is 9.28 Å². The number of unbranched alkanes of at least 4 members (excludes halogenated alkanes) is 8. The van der Waals surface area contributed by atoms with E-state index in [2.05, 4.69) is 19.6 Å². The molecule has 0 aliphatic heterocycles. The molecule has 3 heteroatoms. The highest BCUT2D eigenvalue weighted by molar-refractivity contribution is 8.41. The molecule has 0 aromatic carbocycles. The van der Waals surface area contributed by atoms with Crippen LogP contribution in [0.25, 0.3) is 0 Å². The number of hydrogen-bond acceptors (Lipinski definition) is 2. The van der Waals surface area contributed by atoms with Crippen molar-refractivity contribution in [3.8, 4) is 0 Å². The standard InChI is InChI=1S/C12H24S3/c1-2-3-4-5-6-7-8-9-10-11-15-12(13)14/h2-11H2,1H3,(H,13,14). The lowest BCUT2D eigenvalue weighted by Crippen LogP contribution is -1.84. The van der Waals surface area contributed by atoms with Crippen molar-refractivity contribution in [3.05, 3.63) is 0 Å². The van der Waals surface area contributed by atoms with Gasteiger partial charge in [0.2, 0.25) is 0 Å². The fourth-order valence-corrected chi connectivity index (χ4v) is 2.62. The van der Waals surface area contributed by atoms with Crippen LogP contribution >= 0.6 is 36.6 Å². The minimum atomic E-state index is 0.787. The van der Waals surface area contributed by atoms with Gasteiger partial charge in [-0.2, -0.15) is 0 Å². The van der Waals surface area contributed by atoms with Crippen LogP contribution in [0.2, 0.25) is 0 Å². The van der Waals surface area contributed by atoms with Crippen molar-refractivity contribution in [1.29, 1.82) is 0 Å². The van der Waals surface area contributed by atoms with Crippen molar-refractivity contribution in [2.24, 2.45) is 0 Å². The summed E-state index contributed by atoms with van der Waals surface area (Å²) < 4.78 is 0.787. The summed E-state index contributed by atoms with van der Waals surface area (Å²) in [6, 6.07) is 0. The maximum Gasteiger partial charge on any atom is 0.101 e. The molecule has 0 heterocycles.